The van der Waals surface area contributed by atoms with Crippen LogP contribution >= 0.6 is 0 Å². The van der Waals surface area contributed by atoms with E-state index in [1.807, 2.05) is 0 Å². The van der Waals surface area contributed by atoms with Gasteiger partial charge in [0.1, 0.15) is 13.2 Å². The number of rotatable bonds is 62. The molecular formula is C76H128O6. The molecule has 0 spiro atoms. The fourth-order valence-corrected chi connectivity index (χ4v) is 9.51. The highest BCUT2D eigenvalue weighted by Gasteiger charge is 2.19. The highest BCUT2D eigenvalue weighted by atomic mass is 16.6. The average Bonchev–Trinajstić information content (AvgIpc) is 3.47. The molecule has 1 unspecified atom stereocenters. The van der Waals surface area contributed by atoms with Gasteiger partial charge in [-0.1, -0.05) is 290 Å². The van der Waals surface area contributed by atoms with Crippen LogP contribution in [-0.2, 0) is 28.6 Å². The van der Waals surface area contributed by atoms with Gasteiger partial charge >= 0.3 is 17.9 Å². The van der Waals surface area contributed by atoms with Crippen molar-refractivity contribution in [3.8, 4) is 0 Å². The lowest BCUT2D eigenvalue weighted by Gasteiger charge is -2.18. The molecule has 0 N–H and O–H groups in total. The van der Waals surface area contributed by atoms with E-state index in [-0.39, 0.29) is 31.1 Å². The average molecular weight is 1140 g/mol. The Morgan fingerprint density at radius 2 is 0.476 bits per heavy atom. The van der Waals surface area contributed by atoms with Crippen LogP contribution in [-0.4, -0.2) is 37.2 Å². The summed E-state index contributed by atoms with van der Waals surface area (Å²) in [4.78, 5) is 38.4. The third kappa shape index (κ3) is 66.6. The minimum atomic E-state index is -0.792. The van der Waals surface area contributed by atoms with Gasteiger partial charge in [0.15, 0.2) is 6.10 Å². The number of allylic oxidation sites excluding steroid dienone is 20. The van der Waals surface area contributed by atoms with Crippen molar-refractivity contribution >= 4 is 17.9 Å². The predicted molar refractivity (Wildman–Crippen MR) is 357 cm³/mol. The molecule has 0 saturated carbocycles. The molecule has 0 heterocycles. The lowest BCUT2D eigenvalue weighted by molar-refractivity contribution is -0.167. The van der Waals surface area contributed by atoms with Gasteiger partial charge < -0.3 is 14.2 Å². The Bertz CT molecular complexity index is 1690. The fraction of sp³-hybridized carbons (Fsp3) is 0.697. The molecule has 0 saturated heterocycles. The van der Waals surface area contributed by atoms with Crippen LogP contribution in [0.1, 0.15) is 323 Å². The van der Waals surface area contributed by atoms with Crippen molar-refractivity contribution in [2.24, 2.45) is 0 Å². The van der Waals surface area contributed by atoms with Crippen LogP contribution < -0.4 is 0 Å². The van der Waals surface area contributed by atoms with Crippen molar-refractivity contribution in [3.05, 3.63) is 122 Å². The number of hydrogen-bond donors (Lipinski definition) is 0. The maximum Gasteiger partial charge on any atom is 0.306 e. The minimum absolute atomic E-state index is 0.0883. The van der Waals surface area contributed by atoms with Gasteiger partial charge in [-0.3, -0.25) is 14.4 Å². The summed E-state index contributed by atoms with van der Waals surface area (Å²) in [5, 5.41) is 0. The summed E-state index contributed by atoms with van der Waals surface area (Å²) < 4.78 is 16.9. The van der Waals surface area contributed by atoms with E-state index >= 15 is 0 Å². The first-order valence-electron chi connectivity index (χ1n) is 34.5. The van der Waals surface area contributed by atoms with E-state index in [4.69, 9.17) is 14.2 Å². The van der Waals surface area contributed by atoms with Gasteiger partial charge in [0, 0.05) is 19.3 Å². The molecule has 0 bridgehead atoms. The first kappa shape index (κ1) is 77.8. The zero-order valence-electron chi connectivity index (χ0n) is 53.7. The molecule has 82 heavy (non-hydrogen) atoms. The number of carbonyl (C=O) groups is 3. The molecule has 6 nitrogen and oxygen atoms in total. The molecular weight excluding hydrogens is 1010 g/mol. The molecule has 468 valence electrons. The summed E-state index contributed by atoms with van der Waals surface area (Å²) in [6.45, 7) is 6.50. The predicted octanol–water partition coefficient (Wildman–Crippen LogP) is 23.9. The van der Waals surface area contributed by atoms with E-state index in [2.05, 4.69) is 142 Å². The van der Waals surface area contributed by atoms with E-state index in [0.717, 1.165) is 128 Å². The Kier molecular flexibility index (Phi) is 65.8. The molecule has 0 aliphatic heterocycles. The van der Waals surface area contributed by atoms with Crippen molar-refractivity contribution in [2.45, 2.75) is 329 Å². The number of esters is 3. The quantitative estimate of drug-likeness (QED) is 0.0261. The maximum absolute atomic E-state index is 12.9. The smallest absolute Gasteiger partial charge is 0.306 e. The van der Waals surface area contributed by atoms with E-state index in [1.54, 1.807) is 0 Å². The zero-order chi connectivity index (χ0) is 59.2. The van der Waals surface area contributed by atoms with Crippen molar-refractivity contribution < 1.29 is 28.6 Å². The molecule has 0 fully saturated rings. The lowest BCUT2D eigenvalue weighted by Crippen LogP contribution is -2.30. The SMILES string of the molecule is CC/C=C\C/C=C\C/C=C\C/C=C\C/C=C\C/C=C\C/C=C\C/C=C\CCCCCCCCC(=O)OCC(COC(=O)CCCCCCC/C=C\CCCCC)OC(=O)CCCCCCCCCCC/C=C\CCCCCCCCCC. The summed E-state index contributed by atoms with van der Waals surface area (Å²) in [6.07, 6.45) is 96.4. The lowest BCUT2D eigenvalue weighted by atomic mass is 10.1. The minimum Gasteiger partial charge on any atom is -0.462 e. The van der Waals surface area contributed by atoms with Crippen LogP contribution in [0, 0.1) is 0 Å². The molecule has 0 rings (SSSR count). The molecule has 0 aromatic carbocycles. The van der Waals surface area contributed by atoms with Crippen LogP contribution in [0.3, 0.4) is 0 Å². The van der Waals surface area contributed by atoms with Gasteiger partial charge in [-0.15, -0.1) is 0 Å². The van der Waals surface area contributed by atoms with Crippen molar-refractivity contribution in [3.63, 3.8) is 0 Å². The van der Waals surface area contributed by atoms with E-state index < -0.39 is 6.10 Å². The molecule has 6 heteroatoms. The number of hydrogen-bond acceptors (Lipinski definition) is 6. The van der Waals surface area contributed by atoms with Crippen molar-refractivity contribution in [1.29, 1.82) is 0 Å². The number of carbonyl (C=O) groups excluding carboxylic acids is 3. The van der Waals surface area contributed by atoms with Crippen LogP contribution in [0.15, 0.2) is 122 Å². The molecule has 0 radical (unpaired) electrons. The second-order valence-corrected chi connectivity index (χ2v) is 22.7. The molecule has 0 amide bonds. The van der Waals surface area contributed by atoms with Gasteiger partial charge in [-0.25, -0.2) is 0 Å². The standard InChI is InChI=1S/C76H128O6/c1-4-7-10-13-16-19-22-25-27-29-31-33-34-35-36-37-38-39-40-41-42-44-45-47-49-51-54-57-60-63-66-69-75(78)81-72-73(71-80-74(77)68-65-62-59-56-53-24-21-18-15-12-9-6-3)82-76(79)70-67-64-61-58-55-52-50-48-46-43-32-30-28-26-23-20-17-14-11-8-5-2/h7,10,16,18-19,21,25,27,30-33,35-36,38-39,41-42,45,47,73H,4-6,8-9,11-15,17,20,22-24,26,28-29,34,37,40,43-44,46,48-72H2,1-3H3/b10-7-,19-16-,21-18-,27-25-,32-30-,33-31-,36-35-,39-38-,42-41-,47-45-. The third-order valence-electron chi connectivity index (χ3n) is 14.7. The van der Waals surface area contributed by atoms with Crippen LogP contribution in [0.5, 0.6) is 0 Å². The van der Waals surface area contributed by atoms with Crippen LogP contribution in [0.4, 0.5) is 0 Å². The summed E-state index contributed by atoms with van der Waals surface area (Å²) in [5.74, 6) is -0.906. The monoisotopic (exact) mass is 1140 g/mol. The van der Waals surface area contributed by atoms with Gasteiger partial charge in [0.25, 0.3) is 0 Å². The largest absolute Gasteiger partial charge is 0.462 e. The van der Waals surface area contributed by atoms with Crippen LogP contribution in [0.2, 0.25) is 0 Å². The first-order valence-corrected chi connectivity index (χ1v) is 34.5. The van der Waals surface area contributed by atoms with Gasteiger partial charge in [-0.2, -0.15) is 0 Å². The topological polar surface area (TPSA) is 78.9 Å². The molecule has 1 atom stereocenters. The normalized spacial score (nSPS) is 12.9. The Balaban J connectivity index is 4.32. The van der Waals surface area contributed by atoms with Gasteiger partial charge in [0.2, 0.25) is 0 Å². The summed E-state index contributed by atoms with van der Waals surface area (Å²) in [5.41, 5.74) is 0. The fourth-order valence-electron chi connectivity index (χ4n) is 9.51. The Hall–Kier alpha value is -4.19. The van der Waals surface area contributed by atoms with E-state index in [1.165, 1.54) is 154 Å². The second kappa shape index (κ2) is 69.3. The van der Waals surface area contributed by atoms with Crippen molar-refractivity contribution in [2.75, 3.05) is 13.2 Å². The zero-order valence-corrected chi connectivity index (χ0v) is 53.7. The number of ether oxygens (including phenoxy) is 3. The van der Waals surface area contributed by atoms with Crippen molar-refractivity contribution in [1.82, 2.24) is 0 Å². The van der Waals surface area contributed by atoms with E-state index in [9.17, 15) is 14.4 Å². The van der Waals surface area contributed by atoms with E-state index in [0.29, 0.717) is 19.3 Å². The molecule has 0 aliphatic carbocycles. The second-order valence-electron chi connectivity index (χ2n) is 22.7. The summed E-state index contributed by atoms with van der Waals surface area (Å²) in [7, 11) is 0. The van der Waals surface area contributed by atoms with Gasteiger partial charge in [-0.05, 0) is 135 Å². The maximum atomic E-state index is 12.9. The first-order chi connectivity index (χ1) is 40.5. The van der Waals surface area contributed by atoms with Crippen LogP contribution in [0.25, 0.3) is 0 Å². The summed E-state index contributed by atoms with van der Waals surface area (Å²) >= 11 is 0. The Morgan fingerprint density at radius 3 is 0.780 bits per heavy atom. The molecule has 0 aromatic heterocycles. The van der Waals surface area contributed by atoms with Gasteiger partial charge in [0.05, 0.1) is 0 Å². The Morgan fingerprint density at radius 1 is 0.256 bits per heavy atom. The molecule has 0 aromatic rings. The summed E-state index contributed by atoms with van der Waals surface area (Å²) in [6, 6.07) is 0. The highest BCUT2D eigenvalue weighted by Crippen LogP contribution is 2.16. The highest BCUT2D eigenvalue weighted by molar-refractivity contribution is 5.71. The molecule has 0 aliphatic rings. The number of unbranched alkanes of at least 4 members (excludes halogenated alkanes) is 31. The Labute approximate surface area is 507 Å². The third-order valence-corrected chi connectivity index (χ3v) is 14.7.